The third kappa shape index (κ3) is 5.94. The summed E-state index contributed by atoms with van der Waals surface area (Å²) in [4.78, 5) is 14.4. The molecule has 24 heavy (non-hydrogen) atoms. The van der Waals surface area contributed by atoms with Gasteiger partial charge in [-0.05, 0) is 30.5 Å². The van der Waals surface area contributed by atoms with Gasteiger partial charge in [-0.3, -0.25) is 4.79 Å². The smallest absolute Gasteiger partial charge is 0.242 e. The van der Waals surface area contributed by atoms with Gasteiger partial charge >= 0.3 is 0 Å². The molecule has 7 heteroatoms. The Morgan fingerprint density at radius 3 is 2.88 bits per heavy atom. The van der Waals surface area contributed by atoms with Crippen molar-refractivity contribution in [2.24, 2.45) is 5.73 Å². The van der Waals surface area contributed by atoms with Crippen molar-refractivity contribution in [2.45, 2.75) is 31.5 Å². The maximum atomic E-state index is 12.6. The molecule has 1 amide bonds. The van der Waals surface area contributed by atoms with E-state index in [2.05, 4.69) is 0 Å². The van der Waals surface area contributed by atoms with Crippen LogP contribution in [-0.2, 0) is 20.8 Å². The molecule has 2 N–H and O–H groups in total. The molecule has 1 saturated heterocycles. The Morgan fingerprint density at radius 2 is 2.25 bits per heavy atom. The molecule has 2 rings (SSSR count). The zero-order valence-electron chi connectivity index (χ0n) is 14.3. The molecule has 0 aromatic heterocycles. The first-order chi connectivity index (χ1) is 11.1. The summed E-state index contributed by atoms with van der Waals surface area (Å²) >= 11 is 0. The summed E-state index contributed by atoms with van der Waals surface area (Å²) in [5.74, 6) is 0.651. The van der Waals surface area contributed by atoms with E-state index in [1.807, 2.05) is 24.3 Å². The second-order valence-electron chi connectivity index (χ2n) is 5.77. The fraction of sp³-hybridized carbons (Fsp3) is 0.588. The maximum Gasteiger partial charge on any atom is 0.242 e. The molecule has 2 atom stereocenters. The summed E-state index contributed by atoms with van der Waals surface area (Å²) in [6.07, 6.45) is 2.09. The Labute approximate surface area is 149 Å². The first-order valence-corrected chi connectivity index (χ1v) is 7.92. The summed E-state index contributed by atoms with van der Waals surface area (Å²) in [5, 5.41) is 0. The summed E-state index contributed by atoms with van der Waals surface area (Å²) in [5.41, 5.74) is 6.93. The molecule has 2 unspecified atom stereocenters. The van der Waals surface area contributed by atoms with Crippen molar-refractivity contribution in [3.63, 3.8) is 0 Å². The molecular formula is C17H27ClN2O4. The van der Waals surface area contributed by atoms with Crippen molar-refractivity contribution in [1.29, 1.82) is 0 Å². The Bertz CT molecular complexity index is 509. The lowest BCUT2D eigenvalue weighted by Crippen LogP contribution is -2.48. The zero-order chi connectivity index (χ0) is 16.7. The largest absolute Gasteiger partial charge is 0.497 e. The SMILES string of the molecule is COCC(N)C(=O)N(Cc1cccc(OC)c1)CC1CCCO1.Cl. The van der Waals surface area contributed by atoms with Gasteiger partial charge in [0.05, 0.1) is 19.8 Å². The molecule has 1 heterocycles. The van der Waals surface area contributed by atoms with Gasteiger partial charge < -0.3 is 24.8 Å². The number of nitrogens with two attached hydrogens (primary N) is 1. The number of methoxy groups -OCH3 is 2. The first-order valence-electron chi connectivity index (χ1n) is 7.92. The number of hydrogen-bond donors (Lipinski definition) is 1. The van der Waals surface area contributed by atoms with Crippen molar-refractivity contribution >= 4 is 18.3 Å². The quantitative estimate of drug-likeness (QED) is 0.764. The van der Waals surface area contributed by atoms with E-state index >= 15 is 0 Å². The predicted octanol–water partition coefficient (Wildman–Crippen LogP) is 1.60. The molecule has 1 aromatic carbocycles. The fourth-order valence-corrected chi connectivity index (χ4v) is 2.74. The minimum absolute atomic E-state index is 0. The van der Waals surface area contributed by atoms with Crippen LogP contribution in [0.2, 0.25) is 0 Å². The lowest BCUT2D eigenvalue weighted by Gasteiger charge is -2.28. The number of benzene rings is 1. The highest BCUT2D eigenvalue weighted by molar-refractivity contribution is 5.85. The van der Waals surface area contributed by atoms with Crippen molar-refractivity contribution in [3.8, 4) is 5.75 Å². The van der Waals surface area contributed by atoms with E-state index in [0.29, 0.717) is 13.1 Å². The molecule has 6 nitrogen and oxygen atoms in total. The van der Waals surface area contributed by atoms with Gasteiger partial charge in [0.1, 0.15) is 11.8 Å². The van der Waals surface area contributed by atoms with E-state index in [0.717, 1.165) is 30.8 Å². The Morgan fingerprint density at radius 1 is 1.46 bits per heavy atom. The van der Waals surface area contributed by atoms with Crippen LogP contribution >= 0.6 is 12.4 Å². The predicted molar refractivity (Wildman–Crippen MR) is 94.5 cm³/mol. The van der Waals surface area contributed by atoms with E-state index in [1.165, 1.54) is 0 Å². The summed E-state index contributed by atoms with van der Waals surface area (Å²) in [7, 11) is 3.17. The van der Waals surface area contributed by atoms with Crippen LogP contribution in [0.5, 0.6) is 5.75 Å². The van der Waals surface area contributed by atoms with Crippen LogP contribution in [0.1, 0.15) is 18.4 Å². The van der Waals surface area contributed by atoms with E-state index in [-0.39, 0.29) is 31.0 Å². The molecule has 1 aliphatic rings. The number of rotatable bonds is 8. The molecule has 0 bridgehead atoms. The topological polar surface area (TPSA) is 74.0 Å². The summed E-state index contributed by atoms with van der Waals surface area (Å²) in [6.45, 7) is 2.00. The Balaban J connectivity index is 0.00000288. The lowest BCUT2D eigenvalue weighted by atomic mass is 10.1. The number of ether oxygens (including phenoxy) is 3. The van der Waals surface area contributed by atoms with Gasteiger partial charge in [0.25, 0.3) is 0 Å². The molecule has 1 fully saturated rings. The number of amides is 1. The number of hydrogen-bond acceptors (Lipinski definition) is 5. The van der Waals surface area contributed by atoms with Gasteiger partial charge in [-0.15, -0.1) is 12.4 Å². The fourth-order valence-electron chi connectivity index (χ4n) is 2.74. The number of carbonyl (C=O) groups is 1. The zero-order valence-corrected chi connectivity index (χ0v) is 15.1. The monoisotopic (exact) mass is 358 g/mol. The highest BCUT2D eigenvalue weighted by Crippen LogP contribution is 2.18. The van der Waals surface area contributed by atoms with Crippen molar-refractivity contribution in [2.75, 3.05) is 34.0 Å². The van der Waals surface area contributed by atoms with Gasteiger partial charge in [0.15, 0.2) is 0 Å². The summed E-state index contributed by atoms with van der Waals surface area (Å²) in [6, 6.07) is 7.04. The highest BCUT2D eigenvalue weighted by atomic mass is 35.5. The number of nitrogens with zero attached hydrogens (tertiary/aromatic N) is 1. The minimum atomic E-state index is -0.660. The molecular weight excluding hydrogens is 332 g/mol. The molecule has 0 aliphatic carbocycles. The Kier molecular flexibility index (Phi) is 9.07. The van der Waals surface area contributed by atoms with Crippen LogP contribution in [0.15, 0.2) is 24.3 Å². The van der Waals surface area contributed by atoms with Crippen LogP contribution in [0, 0.1) is 0 Å². The molecule has 1 aliphatic heterocycles. The van der Waals surface area contributed by atoms with Crippen molar-refractivity contribution in [1.82, 2.24) is 4.90 Å². The molecule has 0 saturated carbocycles. The average Bonchev–Trinajstić information content (AvgIpc) is 3.07. The van der Waals surface area contributed by atoms with Crippen LogP contribution < -0.4 is 10.5 Å². The molecule has 1 aromatic rings. The lowest BCUT2D eigenvalue weighted by molar-refractivity contribution is -0.136. The third-order valence-electron chi connectivity index (χ3n) is 3.93. The molecule has 0 radical (unpaired) electrons. The van der Waals surface area contributed by atoms with Crippen LogP contribution in [0.3, 0.4) is 0 Å². The van der Waals surface area contributed by atoms with Crippen molar-refractivity contribution < 1.29 is 19.0 Å². The standard InChI is InChI=1S/C17H26N2O4.ClH/c1-21-12-16(18)17(20)19(11-15-7-4-8-23-15)10-13-5-3-6-14(9-13)22-2;/h3,5-6,9,15-16H,4,7-8,10-12,18H2,1-2H3;1H. The maximum absolute atomic E-state index is 12.6. The first kappa shape index (κ1) is 20.7. The van der Waals surface area contributed by atoms with E-state index in [1.54, 1.807) is 19.1 Å². The van der Waals surface area contributed by atoms with E-state index in [9.17, 15) is 4.79 Å². The van der Waals surface area contributed by atoms with Gasteiger partial charge in [0.2, 0.25) is 5.91 Å². The number of halogens is 1. The van der Waals surface area contributed by atoms with Gasteiger partial charge in [-0.25, -0.2) is 0 Å². The second kappa shape index (κ2) is 10.5. The van der Waals surface area contributed by atoms with E-state index < -0.39 is 6.04 Å². The normalized spacial score (nSPS) is 17.9. The van der Waals surface area contributed by atoms with Gasteiger partial charge in [-0.1, -0.05) is 12.1 Å². The summed E-state index contributed by atoms with van der Waals surface area (Å²) < 4.78 is 15.9. The van der Waals surface area contributed by atoms with Crippen LogP contribution in [-0.4, -0.2) is 56.9 Å². The second-order valence-corrected chi connectivity index (χ2v) is 5.77. The van der Waals surface area contributed by atoms with Gasteiger partial charge in [-0.2, -0.15) is 0 Å². The van der Waals surface area contributed by atoms with Crippen LogP contribution in [0.25, 0.3) is 0 Å². The number of carbonyl (C=O) groups excluding carboxylic acids is 1. The van der Waals surface area contributed by atoms with Crippen molar-refractivity contribution in [3.05, 3.63) is 29.8 Å². The average molecular weight is 359 g/mol. The molecule has 0 spiro atoms. The molecule has 136 valence electrons. The minimum Gasteiger partial charge on any atom is -0.497 e. The van der Waals surface area contributed by atoms with Crippen LogP contribution in [0.4, 0.5) is 0 Å². The highest BCUT2D eigenvalue weighted by Gasteiger charge is 2.26. The third-order valence-corrected chi connectivity index (χ3v) is 3.93. The Hall–Kier alpha value is -1.34. The van der Waals surface area contributed by atoms with Gasteiger partial charge in [0, 0.05) is 26.8 Å². The van der Waals surface area contributed by atoms with E-state index in [4.69, 9.17) is 19.9 Å².